The van der Waals surface area contributed by atoms with Crippen LogP contribution in [-0.4, -0.2) is 28.8 Å². The van der Waals surface area contributed by atoms with Crippen LogP contribution in [-0.2, 0) is 9.53 Å². The molecule has 0 bridgehead atoms. The van der Waals surface area contributed by atoms with Gasteiger partial charge in [-0.05, 0) is 19.8 Å². The topological polar surface area (TPSA) is 67.0 Å². The Labute approximate surface area is 94.6 Å². The Morgan fingerprint density at radius 2 is 2.56 bits per heavy atom. The molecule has 0 aromatic carbocycles. The molecule has 1 amide bonds. The summed E-state index contributed by atoms with van der Waals surface area (Å²) in [5, 5.41) is 9.50. The standard InChI is InChI=1S/C11H17N3O2/c1-3-9-8(4-5-16-9)11(15)13-10-7(2)6-12-14-10/h6,8-9H,3-5H2,1-2H3,(H2,12,13,14,15). The molecule has 1 aliphatic heterocycles. The number of aromatic amines is 1. The minimum absolute atomic E-state index is 0.0247. The lowest BCUT2D eigenvalue weighted by atomic mass is 9.99. The van der Waals surface area contributed by atoms with Crippen molar-refractivity contribution in [2.24, 2.45) is 5.92 Å². The Balaban J connectivity index is 2.00. The molecule has 1 aromatic rings. The smallest absolute Gasteiger partial charge is 0.231 e. The summed E-state index contributed by atoms with van der Waals surface area (Å²) in [5.74, 6) is 0.677. The van der Waals surface area contributed by atoms with E-state index in [0.29, 0.717) is 12.4 Å². The molecule has 16 heavy (non-hydrogen) atoms. The number of anilines is 1. The molecule has 5 nitrogen and oxygen atoms in total. The number of nitrogens with one attached hydrogen (secondary N) is 2. The first-order valence-electron chi connectivity index (χ1n) is 5.64. The number of hydrogen-bond acceptors (Lipinski definition) is 3. The van der Waals surface area contributed by atoms with Crippen molar-refractivity contribution in [3.63, 3.8) is 0 Å². The summed E-state index contributed by atoms with van der Waals surface area (Å²) < 4.78 is 5.50. The number of ether oxygens (including phenoxy) is 1. The summed E-state index contributed by atoms with van der Waals surface area (Å²) in [6, 6.07) is 0. The van der Waals surface area contributed by atoms with Gasteiger partial charge in [0.2, 0.25) is 5.91 Å². The van der Waals surface area contributed by atoms with Gasteiger partial charge in [-0.25, -0.2) is 0 Å². The summed E-state index contributed by atoms with van der Waals surface area (Å²) in [6.07, 6.45) is 3.43. The SMILES string of the molecule is CCC1OCCC1C(=O)Nc1[nH]ncc1C. The molecule has 1 aliphatic rings. The van der Waals surface area contributed by atoms with Crippen LogP contribution in [0.25, 0.3) is 0 Å². The Bertz CT molecular complexity index is 375. The highest BCUT2D eigenvalue weighted by atomic mass is 16.5. The molecule has 2 rings (SSSR count). The van der Waals surface area contributed by atoms with E-state index in [0.717, 1.165) is 18.4 Å². The van der Waals surface area contributed by atoms with Crippen molar-refractivity contribution in [1.29, 1.82) is 0 Å². The van der Waals surface area contributed by atoms with Crippen LogP contribution < -0.4 is 5.32 Å². The summed E-state index contributed by atoms with van der Waals surface area (Å²) in [4.78, 5) is 12.0. The highest BCUT2D eigenvalue weighted by Crippen LogP contribution is 2.24. The van der Waals surface area contributed by atoms with Crippen molar-refractivity contribution in [3.05, 3.63) is 11.8 Å². The summed E-state index contributed by atoms with van der Waals surface area (Å²) >= 11 is 0. The van der Waals surface area contributed by atoms with E-state index < -0.39 is 0 Å². The molecule has 0 spiro atoms. The van der Waals surface area contributed by atoms with E-state index >= 15 is 0 Å². The fourth-order valence-corrected chi connectivity index (χ4v) is 2.04. The lowest BCUT2D eigenvalue weighted by Crippen LogP contribution is -2.29. The van der Waals surface area contributed by atoms with Crippen LogP contribution in [0.3, 0.4) is 0 Å². The van der Waals surface area contributed by atoms with Crippen molar-refractivity contribution in [2.45, 2.75) is 32.8 Å². The molecule has 1 saturated heterocycles. The van der Waals surface area contributed by atoms with Gasteiger partial charge in [0.1, 0.15) is 5.82 Å². The van der Waals surface area contributed by atoms with Crippen molar-refractivity contribution in [1.82, 2.24) is 10.2 Å². The van der Waals surface area contributed by atoms with Crippen LogP contribution in [0.5, 0.6) is 0 Å². The van der Waals surface area contributed by atoms with Crippen molar-refractivity contribution >= 4 is 11.7 Å². The van der Waals surface area contributed by atoms with E-state index in [-0.39, 0.29) is 17.9 Å². The third kappa shape index (κ3) is 2.09. The number of rotatable bonds is 3. The third-order valence-corrected chi connectivity index (χ3v) is 3.03. The maximum absolute atomic E-state index is 12.0. The molecule has 1 aromatic heterocycles. The quantitative estimate of drug-likeness (QED) is 0.815. The highest BCUT2D eigenvalue weighted by molar-refractivity contribution is 5.92. The number of amides is 1. The molecular weight excluding hydrogens is 206 g/mol. The fraction of sp³-hybridized carbons (Fsp3) is 0.636. The van der Waals surface area contributed by atoms with Crippen LogP contribution >= 0.6 is 0 Å². The second-order valence-corrected chi connectivity index (χ2v) is 4.13. The first-order valence-corrected chi connectivity index (χ1v) is 5.64. The summed E-state index contributed by atoms with van der Waals surface area (Å²) in [5.41, 5.74) is 0.945. The maximum atomic E-state index is 12.0. The van der Waals surface area contributed by atoms with E-state index in [1.54, 1.807) is 6.20 Å². The van der Waals surface area contributed by atoms with Gasteiger partial charge in [0, 0.05) is 12.2 Å². The van der Waals surface area contributed by atoms with Crippen molar-refractivity contribution in [3.8, 4) is 0 Å². The Morgan fingerprint density at radius 1 is 1.75 bits per heavy atom. The Kier molecular flexibility index (Phi) is 3.24. The monoisotopic (exact) mass is 223 g/mol. The molecule has 0 radical (unpaired) electrons. The molecule has 5 heteroatoms. The lowest BCUT2D eigenvalue weighted by molar-refractivity contribution is -0.121. The van der Waals surface area contributed by atoms with Crippen molar-refractivity contribution in [2.75, 3.05) is 11.9 Å². The molecule has 2 atom stereocenters. The van der Waals surface area contributed by atoms with E-state index in [2.05, 4.69) is 15.5 Å². The normalized spacial score (nSPS) is 24.6. The zero-order valence-electron chi connectivity index (χ0n) is 9.62. The predicted molar refractivity (Wildman–Crippen MR) is 60.1 cm³/mol. The van der Waals surface area contributed by atoms with E-state index in [4.69, 9.17) is 4.74 Å². The number of aryl methyl sites for hydroxylation is 1. The van der Waals surface area contributed by atoms with Crippen LogP contribution in [0, 0.1) is 12.8 Å². The van der Waals surface area contributed by atoms with Gasteiger partial charge in [-0.3, -0.25) is 9.89 Å². The fourth-order valence-electron chi connectivity index (χ4n) is 2.04. The molecule has 88 valence electrons. The first-order chi connectivity index (χ1) is 7.72. The van der Waals surface area contributed by atoms with Gasteiger partial charge < -0.3 is 10.1 Å². The summed E-state index contributed by atoms with van der Waals surface area (Å²) in [7, 11) is 0. The minimum Gasteiger partial charge on any atom is -0.377 e. The van der Waals surface area contributed by atoms with Gasteiger partial charge in [-0.2, -0.15) is 5.10 Å². The van der Waals surface area contributed by atoms with Gasteiger partial charge in [0.15, 0.2) is 0 Å². The van der Waals surface area contributed by atoms with E-state index in [1.165, 1.54) is 0 Å². The van der Waals surface area contributed by atoms with Crippen LogP contribution in [0.15, 0.2) is 6.20 Å². The molecule has 2 heterocycles. The zero-order chi connectivity index (χ0) is 11.5. The molecule has 0 saturated carbocycles. The molecule has 1 fully saturated rings. The van der Waals surface area contributed by atoms with Gasteiger partial charge in [0.05, 0.1) is 18.2 Å². The number of hydrogen-bond donors (Lipinski definition) is 2. The van der Waals surface area contributed by atoms with Gasteiger partial charge >= 0.3 is 0 Å². The average molecular weight is 223 g/mol. The second kappa shape index (κ2) is 4.65. The molecular formula is C11H17N3O2. The van der Waals surface area contributed by atoms with Crippen LogP contribution in [0.2, 0.25) is 0 Å². The van der Waals surface area contributed by atoms with E-state index in [9.17, 15) is 4.79 Å². The van der Waals surface area contributed by atoms with Crippen LogP contribution in [0.1, 0.15) is 25.3 Å². The van der Waals surface area contributed by atoms with Crippen molar-refractivity contribution < 1.29 is 9.53 Å². The Morgan fingerprint density at radius 3 is 3.19 bits per heavy atom. The Hall–Kier alpha value is -1.36. The van der Waals surface area contributed by atoms with Gasteiger partial charge in [0.25, 0.3) is 0 Å². The van der Waals surface area contributed by atoms with E-state index in [1.807, 2.05) is 13.8 Å². The minimum atomic E-state index is -0.0345. The van der Waals surface area contributed by atoms with Gasteiger partial charge in [-0.15, -0.1) is 0 Å². The number of H-pyrrole nitrogens is 1. The van der Waals surface area contributed by atoms with Crippen LogP contribution in [0.4, 0.5) is 5.82 Å². The number of carbonyl (C=O) groups excluding carboxylic acids is 1. The zero-order valence-corrected chi connectivity index (χ0v) is 9.62. The second-order valence-electron chi connectivity index (χ2n) is 4.13. The third-order valence-electron chi connectivity index (χ3n) is 3.03. The maximum Gasteiger partial charge on any atom is 0.231 e. The first kappa shape index (κ1) is 11.1. The largest absolute Gasteiger partial charge is 0.377 e. The molecule has 0 aliphatic carbocycles. The van der Waals surface area contributed by atoms with Gasteiger partial charge in [-0.1, -0.05) is 6.92 Å². The number of aromatic nitrogens is 2. The average Bonchev–Trinajstić information content (AvgIpc) is 2.87. The predicted octanol–water partition coefficient (Wildman–Crippen LogP) is 1.47. The lowest BCUT2D eigenvalue weighted by Gasteiger charge is -2.15. The summed E-state index contributed by atoms with van der Waals surface area (Å²) in [6.45, 7) is 4.62. The molecule has 2 unspecified atom stereocenters. The molecule has 2 N–H and O–H groups in total. The number of carbonyl (C=O) groups is 1. The highest BCUT2D eigenvalue weighted by Gasteiger charge is 2.32. The number of nitrogens with zero attached hydrogens (tertiary/aromatic N) is 1.